The van der Waals surface area contributed by atoms with E-state index in [1.165, 1.54) is 18.2 Å². The quantitative estimate of drug-likeness (QED) is 0.815. The minimum atomic E-state index is -0.709. The third-order valence-corrected chi connectivity index (χ3v) is 2.02. The Kier molecular flexibility index (Phi) is 2.81. The maximum Gasteiger partial charge on any atom is 0.146 e. The van der Waals surface area contributed by atoms with E-state index in [0.717, 1.165) is 18.2 Å². The number of nitrogens with one attached hydrogen (secondary N) is 1. The Balaban J connectivity index is 2.30. The first-order chi connectivity index (χ1) is 7.65. The summed E-state index contributed by atoms with van der Waals surface area (Å²) >= 11 is 0. The maximum atomic E-state index is 13.2. The minimum Gasteiger partial charge on any atom is -0.353 e. The molecule has 0 amide bonds. The van der Waals surface area contributed by atoms with Gasteiger partial charge in [0.2, 0.25) is 0 Å². The minimum absolute atomic E-state index is 0.169. The molecule has 2 rings (SSSR count). The molecule has 4 heteroatoms. The Morgan fingerprint density at radius 2 is 1.44 bits per heavy atom. The average molecular weight is 223 g/mol. The van der Waals surface area contributed by atoms with Gasteiger partial charge in [0, 0.05) is 11.8 Å². The van der Waals surface area contributed by atoms with E-state index in [-0.39, 0.29) is 11.4 Å². The Bertz CT molecular complexity index is 491. The molecule has 1 nitrogen and oxygen atoms in total. The van der Waals surface area contributed by atoms with E-state index >= 15 is 0 Å². The summed E-state index contributed by atoms with van der Waals surface area (Å²) in [5, 5.41) is 2.60. The van der Waals surface area contributed by atoms with Crippen LogP contribution in [0.15, 0.2) is 42.5 Å². The van der Waals surface area contributed by atoms with Crippen molar-refractivity contribution in [3.05, 3.63) is 59.9 Å². The van der Waals surface area contributed by atoms with E-state index in [0.29, 0.717) is 0 Å². The van der Waals surface area contributed by atoms with Gasteiger partial charge < -0.3 is 5.32 Å². The van der Waals surface area contributed by atoms with E-state index < -0.39 is 17.5 Å². The van der Waals surface area contributed by atoms with Crippen LogP contribution in [0.2, 0.25) is 0 Å². The van der Waals surface area contributed by atoms with Crippen molar-refractivity contribution in [1.29, 1.82) is 0 Å². The van der Waals surface area contributed by atoms with Crippen LogP contribution in [0.5, 0.6) is 0 Å². The van der Waals surface area contributed by atoms with E-state index in [1.807, 2.05) is 0 Å². The molecular weight excluding hydrogens is 215 g/mol. The van der Waals surface area contributed by atoms with Gasteiger partial charge in [0.1, 0.15) is 17.5 Å². The number of benzene rings is 2. The molecule has 0 aliphatic carbocycles. The largest absolute Gasteiger partial charge is 0.353 e. The van der Waals surface area contributed by atoms with Crippen molar-refractivity contribution >= 4 is 11.4 Å². The normalized spacial score (nSPS) is 10.2. The van der Waals surface area contributed by atoms with Gasteiger partial charge in [-0.25, -0.2) is 13.2 Å². The Morgan fingerprint density at radius 1 is 0.812 bits per heavy atom. The lowest BCUT2D eigenvalue weighted by Crippen LogP contribution is -1.94. The van der Waals surface area contributed by atoms with Crippen molar-refractivity contribution in [2.75, 3.05) is 5.32 Å². The summed E-state index contributed by atoms with van der Waals surface area (Å²) in [5.41, 5.74) is 0.343. The molecular formula is C12H8F3N. The highest BCUT2D eigenvalue weighted by atomic mass is 19.1. The van der Waals surface area contributed by atoms with Crippen LogP contribution >= 0.6 is 0 Å². The summed E-state index contributed by atoms with van der Waals surface area (Å²) in [6.07, 6.45) is 0. The van der Waals surface area contributed by atoms with Crippen LogP contribution in [-0.2, 0) is 0 Å². The van der Waals surface area contributed by atoms with Gasteiger partial charge in [-0.15, -0.1) is 0 Å². The summed E-state index contributed by atoms with van der Waals surface area (Å²) in [4.78, 5) is 0. The smallest absolute Gasteiger partial charge is 0.146 e. The molecule has 0 saturated heterocycles. The molecule has 0 aromatic heterocycles. The fourth-order valence-electron chi connectivity index (χ4n) is 1.34. The summed E-state index contributed by atoms with van der Waals surface area (Å²) < 4.78 is 38.9. The van der Waals surface area contributed by atoms with Gasteiger partial charge in [-0.2, -0.15) is 0 Å². The molecule has 82 valence electrons. The average Bonchev–Trinajstić information content (AvgIpc) is 2.20. The zero-order chi connectivity index (χ0) is 11.5. The fourth-order valence-corrected chi connectivity index (χ4v) is 1.34. The SMILES string of the molecule is Fc1cc(F)cc(Nc2ccccc2F)c1. The van der Waals surface area contributed by atoms with Crippen LogP contribution in [0, 0.1) is 17.5 Å². The Hall–Kier alpha value is -1.97. The van der Waals surface area contributed by atoms with Crippen molar-refractivity contribution in [3.8, 4) is 0 Å². The predicted octanol–water partition coefficient (Wildman–Crippen LogP) is 3.85. The molecule has 0 bridgehead atoms. The molecule has 0 unspecified atom stereocenters. The van der Waals surface area contributed by atoms with Crippen LogP contribution < -0.4 is 5.32 Å². The topological polar surface area (TPSA) is 12.0 Å². The van der Waals surface area contributed by atoms with Crippen molar-refractivity contribution in [2.24, 2.45) is 0 Å². The molecule has 1 N–H and O–H groups in total. The second-order valence-electron chi connectivity index (χ2n) is 3.26. The third-order valence-electron chi connectivity index (χ3n) is 2.02. The molecule has 0 radical (unpaired) electrons. The number of halogens is 3. The van der Waals surface area contributed by atoms with Crippen LogP contribution in [0.1, 0.15) is 0 Å². The van der Waals surface area contributed by atoms with Crippen LogP contribution in [-0.4, -0.2) is 0 Å². The number of hydrogen-bond acceptors (Lipinski definition) is 1. The highest BCUT2D eigenvalue weighted by Gasteiger charge is 2.03. The molecule has 0 spiro atoms. The predicted molar refractivity (Wildman–Crippen MR) is 56.0 cm³/mol. The molecule has 0 aliphatic rings. The molecule has 2 aromatic rings. The van der Waals surface area contributed by atoms with Gasteiger partial charge in [-0.05, 0) is 24.3 Å². The number of anilines is 2. The lowest BCUT2D eigenvalue weighted by Gasteiger charge is -2.07. The van der Waals surface area contributed by atoms with Crippen molar-refractivity contribution < 1.29 is 13.2 Å². The molecule has 0 heterocycles. The summed E-state index contributed by atoms with van der Waals surface area (Å²) in [6, 6.07) is 8.85. The van der Waals surface area contributed by atoms with Crippen molar-refractivity contribution in [2.45, 2.75) is 0 Å². The first kappa shape index (κ1) is 10.5. The molecule has 0 saturated carbocycles. The van der Waals surface area contributed by atoms with Gasteiger partial charge in [-0.3, -0.25) is 0 Å². The zero-order valence-corrected chi connectivity index (χ0v) is 8.18. The summed E-state index contributed by atoms with van der Waals surface area (Å²) in [6.45, 7) is 0. The first-order valence-electron chi connectivity index (χ1n) is 4.63. The van der Waals surface area contributed by atoms with Crippen molar-refractivity contribution in [3.63, 3.8) is 0 Å². The van der Waals surface area contributed by atoms with E-state index in [2.05, 4.69) is 5.32 Å². The standard InChI is InChI=1S/C12H8F3N/c13-8-5-9(14)7-10(6-8)16-12-4-2-1-3-11(12)15/h1-7,16H. The maximum absolute atomic E-state index is 13.2. The van der Waals surface area contributed by atoms with Crippen LogP contribution in [0.4, 0.5) is 24.5 Å². The van der Waals surface area contributed by atoms with E-state index in [4.69, 9.17) is 0 Å². The van der Waals surface area contributed by atoms with Gasteiger partial charge in [0.05, 0.1) is 5.69 Å². The van der Waals surface area contributed by atoms with E-state index in [1.54, 1.807) is 6.07 Å². The second-order valence-corrected chi connectivity index (χ2v) is 3.26. The molecule has 0 fully saturated rings. The van der Waals surface area contributed by atoms with Gasteiger partial charge >= 0.3 is 0 Å². The molecule has 0 aliphatic heterocycles. The zero-order valence-electron chi connectivity index (χ0n) is 8.18. The van der Waals surface area contributed by atoms with Gasteiger partial charge in [0.25, 0.3) is 0 Å². The van der Waals surface area contributed by atoms with E-state index in [9.17, 15) is 13.2 Å². The monoisotopic (exact) mass is 223 g/mol. The molecule has 2 aromatic carbocycles. The highest BCUT2D eigenvalue weighted by molar-refractivity contribution is 5.60. The Labute approximate surface area is 90.5 Å². The number of para-hydroxylation sites is 1. The highest BCUT2D eigenvalue weighted by Crippen LogP contribution is 2.21. The Morgan fingerprint density at radius 3 is 2.06 bits per heavy atom. The van der Waals surface area contributed by atoms with Crippen LogP contribution in [0.25, 0.3) is 0 Å². The second kappa shape index (κ2) is 4.26. The molecule has 0 atom stereocenters. The first-order valence-corrected chi connectivity index (χ1v) is 4.63. The lowest BCUT2D eigenvalue weighted by molar-refractivity contribution is 0.584. The third kappa shape index (κ3) is 2.34. The lowest BCUT2D eigenvalue weighted by atomic mass is 10.2. The molecule has 16 heavy (non-hydrogen) atoms. The summed E-state index contributed by atoms with van der Waals surface area (Å²) in [5.74, 6) is -1.90. The van der Waals surface area contributed by atoms with Crippen LogP contribution in [0.3, 0.4) is 0 Å². The number of hydrogen-bond donors (Lipinski definition) is 1. The summed E-state index contributed by atoms with van der Waals surface area (Å²) in [7, 11) is 0. The van der Waals surface area contributed by atoms with Crippen molar-refractivity contribution in [1.82, 2.24) is 0 Å². The number of rotatable bonds is 2. The fraction of sp³-hybridized carbons (Fsp3) is 0. The van der Waals surface area contributed by atoms with Gasteiger partial charge in [-0.1, -0.05) is 12.1 Å². The van der Waals surface area contributed by atoms with Gasteiger partial charge in [0.15, 0.2) is 0 Å².